The van der Waals surface area contributed by atoms with Gasteiger partial charge in [-0.3, -0.25) is 4.79 Å². The molecule has 0 saturated carbocycles. The van der Waals surface area contributed by atoms with Gasteiger partial charge in [-0.2, -0.15) is 0 Å². The van der Waals surface area contributed by atoms with E-state index in [-0.39, 0.29) is 18.0 Å². The molecule has 2 heterocycles. The third kappa shape index (κ3) is 6.19. The molecule has 1 saturated heterocycles. The predicted molar refractivity (Wildman–Crippen MR) is 124 cm³/mol. The highest BCUT2D eigenvalue weighted by molar-refractivity contribution is 6.30. The number of carbonyl (C=O) groups excluding carboxylic acids is 2. The van der Waals surface area contributed by atoms with Crippen LogP contribution in [0.4, 0.5) is 4.79 Å². The fraction of sp³-hybridized carbons (Fsp3) is 0.500. The Balaban J connectivity index is 1.60. The Hall–Kier alpha value is -2.67. The van der Waals surface area contributed by atoms with Crippen molar-refractivity contribution in [1.82, 2.24) is 20.2 Å². The Bertz CT molecular complexity index is 921. The summed E-state index contributed by atoms with van der Waals surface area (Å²) in [4.78, 5) is 35.4. The number of nitrogens with one attached hydrogen (secondary N) is 1. The van der Waals surface area contributed by atoms with E-state index in [1.165, 1.54) is 6.33 Å². The minimum absolute atomic E-state index is 0.0448. The molecule has 2 amide bonds. The van der Waals surface area contributed by atoms with E-state index in [1.54, 1.807) is 43.0 Å². The number of likely N-dealkylation sites (tertiary alicyclic amines) is 1. The summed E-state index contributed by atoms with van der Waals surface area (Å²) in [5, 5.41) is 3.82. The molecule has 0 unspecified atom stereocenters. The Morgan fingerprint density at radius 3 is 2.28 bits per heavy atom. The molecule has 3 rings (SSSR count). The molecular weight excluding hydrogens is 428 g/mol. The smallest absolute Gasteiger partial charge is 0.406 e. The molecule has 0 radical (unpaired) electrons. The van der Waals surface area contributed by atoms with Crippen molar-refractivity contribution in [2.75, 3.05) is 13.1 Å². The zero-order chi connectivity index (χ0) is 23.3. The first-order valence-electron chi connectivity index (χ1n) is 11.1. The number of amides is 2. The number of carbonyl (C=O) groups is 2. The molecule has 8 heteroatoms. The molecule has 172 valence electrons. The second-order valence-corrected chi connectivity index (χ2v) is 9.22. The van der Waals surface area contributed by atoms with Crippen LogP contribution in [-0.2, 0) is 0 Å². The molecule has 7 nitrogen and oxygen atoms in total. The summed E-state index contributed by atoms with van der Waals surface area (Å²) in [6.45, 7) is 9.06. The third-order valence-electron chi connectivity index (χ3n) is 5.86. The van der Waals surface area contributed by atoms with Gasteiger partial charge in [-0.1, -0.05) is 25.4 Å². The minimum Gasteiger partial charge on any atom is -0.406 e. The van der Waals surface area contributed by atoms with Crippen molar-refractivity contribution in [3.05, 3.63) is 52.6 Å². The third-order valence-corrected chi connectivity index (χ3v) is 6.12. The summed E-state index contributed by atoms with van der Waals surface area (Å²) < 4.78 is 5.59. The molecule has 0 aliphatic carbocycles. The lowest BCUT2D eigenvalue weighted by molar-refractivity contribution is 0.0871. The van der Waals surface area contributed by atoms with Crippen LogP contribution in [0.1, 0.15) is 54.9 Å². The number of aromatic nitrogens is 2. The van der Waals surface area contributed by atoms with Gasteiger partial charge in [-0.25, -0.2) is 14.8 Å². The molecule has 1 aromatic heterocycles. The highest BCUT2D eigenvalue weighted by atomic mass is 35.5. The largest absolute Gasteiger partial charge is 0.415 e. The second-order valence-electron chi connectivity index (χ2n) is 8.78. The van der Waals surface area contributed by atoms with Crippen molar-refractivity contribution < 1.29 is 14.3 Å². The van der Waals surface area contributed by atoms with E-state index in [0.29, 0.717) is 52.6 Å². The van der Waals surface area contributed by atoms with Crippen molar-refractivity contribution in [2.24, 2.45) is 11.8 Å². The molecule has 1 atom stereocenters. The van der Waals surface area contributed by atoms with Gasteiger partial charge in [0.2, 0.25) is 0 Å². The second kappa shape index (κ2) is 10.8. The van der Waals surface area contributed by atoms with Crippen LogP contribution in [0.25, 0.3) is 0 Å². The number of nitrogens with zero attached hydrogens (tertiary/aromatic N) is 3. The Morgan fingerprint density at radius 1 is 1.12 bits per heavy atom. The van der Waals surface area contributed by atoms with Gasteiger partial charge in [0.25, 0.3) is 5.91 Å². The molecule has 1 aliphatic heterocycles. The Labute approximate surface area is 194 Å². The van der Waals surface area contributed by atoms with Crippen LogP contribution in [0.2, 0.25) is 5.02 Å². The lowest BCUT2D eigenvalue weighted by atomic mass is 9.85. The van der Waals surface area contributed by atoms with Gasteiger partial charge in [0.15, 0.2) is 5.75 Å². The zero-order valence-electron chi connectivity index (χ0n) is 19.1. The first kappa shape index (κ1) is 24.0. The number of piperidine rings is 1. The van der Waals surface area contributed by atoms with E-state index in [4.69, 9.17) is 16.3 Å². The summed E-state index contributed by atoms with van der Waals surface area (Å²) in [5.74, 6) is 1.07. The summed E-state index contributed by atoms with van der Waals surface area (Å²) in [6.07, 6.45) is 3.57. The molecule has 1 aromatic carbocycles. The van der Waals surface area contributed by atoms with Crippen LogP contribution in [-0.4, -0.2) is 46.0 Å². The average molecular weight is 459 g/mol. The average Bonchev–Trinajstić information content (AvgIpc) is 2.76. The molecule has 32 heavy (non-hydrogen) atoms. The number of benzene rings is 1. The predicted octanol–water partition coefficient (Wildman–Crippen LogP) is 4.80. The minimum atomic E-state index is -0.380. The quantitative estimate of drug-likeness (QED) is 0.671. The maximum atomic E-state index is 12.8. The van der Waals surface area contributed by atoms with E-state index < -0.39 is 0 Å². The maximum absolute atomic E-state index is 12.8. The summed E-state index contributed by atoms with van der Waals surface area (Å²) in [5.41, 5.74) is 1.88. The van der Waals surface area contributed by atoms with Gasteiger partial charge >= 0.3 is 6.09 Å². The maximum Gasteiger partial charge on any atom is 0.415 e. The lowest BCUT2D eigenvalue weighted by Crippen LogP contribution is -2.47. The molecule has 0 bridgehead atoms. The number of hydrogen-bond acceptors (Lipinski definition) is 5. The van der Waals surface area contributed by atoms with Gasteiger partial charge < -0.3 is 15.0 Å². The highest BCUT2D eigenvalue weighted by Crippen LogP contribution is 2.27. The van der Waals surface area contributed by atoms with E-state index in [0.717, 1.165) is 19.3 Å². The standard InChI is InChI=1S/C24H31ClN4O3/c1-15(2)13-21(28-23(30)19-5-7-20(25)8-6-19)18-9-11-29(12-10-18)24(31)32-22-16(3)26-14-27-17(22)4/h5-8,14-15,18,21H,9-13H2,1-4H3,(H,28,30)/t21-/m1/s1. The first-order chi connectivity index (χ1) is 15.2. The van der Waals surface area contributed by atoms with Crippen LogP contribution in [0, 0.1) is 25.7 Å². The molecule has 1 N–H and O–H groups in total. The van der Waals surface area contributed by atoms with Crippen molar-refractivity contribution in [2.45, 2.75) is 53.0 Å². The van der Waals surface area contributed by atoms with Gasteiger partial charge in [-0.05, 0) is 69.2 Å². The molecule has 2 aromatic rings. The van der Waals surface area contributed by atoms with Crippen molar-refractivity contribution in [3.8, 4) is 5.75 Å². The van der Waals surface area contributed by atoms with Crippen LogP contribution in [0.3, 0.4) is 0 Å². The van der Waals surface area contributed by atoms with Crippen LogP contribution in [0.5, 0.6) is 5.75 Å². The Kier molecular flexibility index (Phi) is 8.07. The van der Waals surface area contributed by atoms with Gasteiger partial charge in [0.1, 0.15) is 6.33 Å². The number of hydrogen-bond donors (Lipinski definition) is 1. The fourth-order valence-electron chi connectivity index (χ4n) is 4.10. The van der Waals surface area contributed by atoms with Crippen molar-refractivity contribution in [1.29, 1.82) is 0 Å². The van der Waals surface area contributed by atoms with Gasteiger partial charge in [-0.15, -0.1) is 0 Å². The molecule has 0 spiro atoms. The van der Waals surface area contributed by atoms with Crippen molar-refractivity contribution in [3.63, 3.8) is 0 Å². The van der Waals surface area contributed by atoms with Crippen molar-refractivity contribution >= 4 is 23.6 Å². The zero-order valence-corrected chi connectivity index (χ0v) is 19.9. The van der Waals surface area contributed by atoms with Gasteiger partial charge in [0, 0.05) is 29.7 Å². The van der Waals surface area contributed by atoms with Crippen LogP contribution in [0.15, 0.2) is 30.6 Å². The van der Waals surface area contributed by atoms with E-state index in [9.17, 15) is 9.59 Å². The normalized spacial score (nSPS) is 15.5. The number of ether oxygens (including phenoxy) is 1. The number of rotatable bonds is 6. The number of aryl methyl sites for hydroxylation is 2. The summed E-state index contributed by atoms with van der Waals surface area (Å²) in [6, 6.07) is 6.96. The SMILES string of the molecule is Cc1ncnc(C)c1OC(=O)N1CCC([C@@H](CC(C)C)NC(=O)c2ccc(Cl)cc2)CC1. The van der Waals surface area contributed by atoms with E-state index >= 15 is 0 Å². The first-order valence-corrected chi connectivity index (χ1v) is 11.4. The van der Waals surface area contributed by atoms with Gasteiger partial charge in [0.05, 0.1) is 11.4 Å². The summed E-state index contributed by atoms with van der Waals surface area (Å²) in [7, 11) is 0. The molecular formula is C24H31ClN4O3. The number of halogens is 1. The Morgan fingerprint density at radius 2 is 1.72 bits per heavy atom. The van der Waals surface area contributed by atoms with Crippen LogP contribution < -0.4 is 10.1 Å². The molecule has 1 fully saturated rings. The topological polar surface area (TPSA) is 84.4 Å². The fourth-order valence-corrected chi connectivity index (χ4v) is 4.22. The van der Waals surface area contributed by atoms with Crippen LogP contribution >= 0.6 is 11.6 Å². The molecule has 1 aliphatic rings. The van der Waals surface area contributed by atoms with E-state index in [1.807, 2.05) is 0 Å². The monoisotopic (exact) mass is 458 g/mol. The lowest BCUT2D eigenvalue weighted by Gasteiger charge is -2.36. The highest BCUT2D eigenvalue weighted by Gasteiger charge is 2.31. The summed E-state index contributed by atoms with van der Waals surface area (Å²) >= 11 is 5.94. The van der Waals surface area contributed by atoms with E-state index in [2.05, 4.69) is 29.1 Å².